The second kappa shape index (κ2) is 5.17. The van der Waals surface area contributed by atoms with Crippen LogP contribution in [0.2, 0.25) is 0 Å². The van der Waals surface area contributed by atoms with E-state index in [1.807, 2.05) is 4.90 Å². The Hall–Kier alpha value is -1.58. The number of hydrogen-bond donors (Lipinski definition) is 1. The molecule has 1 aliphatic carbocycles. The van der Waals surface area contributed by atoms with Gasteiger partial charge in [0.25, 0.3) is 5.91 Å². The lowest BCUT2D eigenvalue weighted by Gasteiger charge is -2.22. The van der Waals surface area contributed by atoms with Crippen molar-refractivity contribution in [2.45, 2.75) is 26.2 Å². The van der Waals surface area contributed by atoms with Crippen LogP contribution in [0.4, 0.5) is 5.82 Å². The van der Waals surface area contributed by atoms with E-state index < -0.39 is 0 Å². The van der Waals surface area contributed by atoms with E-state index in [4.69, 9.17) is 5.73 Å². The van der Waals surface area contributed by atoms with Gasteiger partial charge in [-0.3, -0.25) is 4.79 Å². The van der Waals surface area contributed by atoms with Crippen molar-refractivity contribution in [3.63, 3.8) is 0 Å². The number of amides is 1. The summed E-state index contributed by atoms with van der Waals surface area (Å²) in [6.45, 7) is 3.74. The minimum absolute atomic E-state index is 0.0179. The summed E-state index contributed by atoms with van der Waals surface area (Å²) < 4.78 is 0. The summed E-state index contributed by atoms with van der Waals surface area (Å²) in [5.74, 6) is 1.04. The van der Waals surface area contributed by atoms with Crippen molar-refractivity contribution in [1.29, 1.82) is 0 Å². The second-order valence-corrected chi connectivity index (χ2v) is 4.63. The molecule has 0 atom stereocenters. The van der Waals surface area contributed by atoms with Crippen LogP contribution in [0.15, 0.2) is 18.3 Å². The highest BCUT2D eigenvalue weighted by molar-refractivity contribution is 5.98. The molecule has 2 N–H and O–H groups in total. The van der Waals surface area contributed by atoms with Gasteiger partial charge in [0, 0.05) is 19.3 Å². The molecule has 1 saturated carbocycles. The van der Waals surface area contributed by atoms with Gasteiger partial charge in [-0.1, -0.05) is 6.92 Å². The zero-order valence-electron chi connectivity index (χ0n) is 10.2. The number of carbonyl (C=O) groups is 1. The van der Waals surface area contributed by atoms with Crippen LogP contribution in [0.1, 0.15) is 36.5 Å². The molecule has 1 aromatic heterocycles. The van der Waals surface area contributed by atoms with Gasteiger partial charge in [-0.25, -0.2) is 4.98 Å². The van der Waals surface area contributed by atoms with Gasteiger partial charge >= 0.3 is 0 Å². The van der Waals surface area contributed by atoms with Gasteiger partial charge in [-0.05, 0) is 37.3 Å². The molecule has 17 heavy (non-hydrogen) atoms. The fourth-order valence-electron chi connectivity index (χ4n) is 1.93. The Morgan fingerprint density at radius 2 is 2.35 bits per heavy atom. The molecule has 1 amide bonds. The van der Waals surface area contributed by atoms with Gasteiger partial charge in [0.15, 0.2) is 0 Å². The predicted molar refractivity (Wildman–Crippen MR) is 67.6 cm³/mol. The number of aromatic nitrogens is 1. The van der Waals surface area contributed by atoms with E-state index >= 15 is 0 Å². The fraction of sp³-hybridized carbons (Fsp3) is 0.538. The molecule has 0 aromatic carbocycles. The lowest BCUT2D eigenvalue weighted by atomic mass is 10.2. The molecule has 1 fully saturated rings. The third-order valence-corrected chi connectivity index (χ3v) is 3.03. The van der Waals surface area contributed by atoms with Crippen molar-refractivity contribution >= 4 is 11.7 Å². The van der Waals surface area contributed by atoms with Crippen LogP contribution in [0.5, 0.6) is 0 Å². The molecule has 1 aliphatic rings. The van der Waals surface area contributed by atoms with E-state index in [0.29, 0.717) is 17.3 Å². The maximum Gasteiger partial charge on any atom is 0.257 e. The summed E-state index contributed by atoms with van der Waals surface area (Å²) in [5, 5.41) is 0. The summed E-state index contributed by atoms with van der Waals surface area (Å²) in [4.78, 5) is 18.2. The number of pyridine rings is 1. The first-order valence-electron chi connectivity index (χ1n) is 6.22. The molecule has 2 rings (SSSR count). The van der Waals surface area contributed by atoms with Crippen LogP contribution in [-0.2, 0) is 0 Å². The summed E-state index contributed by atoms with van der Waals surface area (Å²) in [6, 6.07) is 3.51. The van der Waals surface area contributed by atoms with E-state index in [2.05, 4.69) is 11.9 Å². The highest BCUT2D eigenvalue weighted by atomic mass is 16.2. The monoisotopic (exact) mass is 233 g/mol. The summed E-state index contributed by atoms with van der Waals surface area (Å²) in [7, 11) is 0. The first-order valence-corrected chi connectivity index (χ1v) is 6.22. The Balaban J connectivity index is 2.11. The van der Waals surface area contributed by atoms with Crippen molar-refractivity contribution in [1.82, 2.24) is 9.88 Å². The normalized spacial score (nSPS) is 14.6. The minimum Gasteiger partial charge on any atom is -0.383 e. The average molecular weight is 233 g/mol. The van der Waals surface area contributed by atoms with Crippen LogP contribution in [0.3, 0.4) is 0 Å². The van der Waals surface area contributed by atoms with Crippen LogP contribution in [0, 0.1) is 5.92 Å². The molecule has 92 valence electrons. The molecular weight excluding hydrogens is 214 g/mol. The number of anilines is 1. The SMILES string of the molecule is CCCN(CC1CC1)C(=O)c1cccnc1N. The van der Waals surface area contributed by atoms with Gasteiger partial charge in [-0.15, -0.1) is 0 Å². The number of carbonyl (C=O) groups excluding carboxylic acids is 1. The van der Waals surface area contributed by atoms with Crippen LogP contribution >= 0.6 is 0 Å². The van der Waals surface area contributed by atoms with Crippen LogP contribution in [0.25, 0.3) is 0 Å². The molecule has 4 heteroatoms. The molecule has 0 bridgehead atoms. The van der Waals surface area contributed by atoms with E-state index in [1.54, 1.807) is 18.3 Å². The molecule has 1 heterocycles. The van der Waals surface area contributed by atoms with E-state index in [1.165, 1.54) is 12.8 Å². The Labute approximate surface area is 102 Å². The molecule has 0 radical (unpaired) electrons. The van der Waals surface area contributed by atoms with Gasteiger partial charge in [-0.2, -0.15) is 0 Å². The molecule has 0 unspecified atom stereocenters. The summed E-state index contributed by atoms with van der Waals surface area (Å²) in [6.07, 6.45) is 5.07. The smallest absolute Gasteiger partial charge is 0.257 e. The van der Waals surface area contributed by atoms with Gasteiger partial charge in [0.1, 0.15) is 5.82 Å². The first kappa shape index (κ1) is 11.9. The van der Waals surface area contributed by atoms with Crippen molar-refractivity contribution in [3.05, 3.63) is 23.9 Å². The molecule has 0 spiro atoms. The molecule has 4 nitrogen and oxygen atoms in total. The lowest BCUT2D eigenvalue weighted by molar-refractivity contribution is 0.0748. The van der Waals surface area contributed by atoms with Crippen LogP contribution in [-0.4, -0.2) is 28.9 Å². The van der Waals surface area contributed by atoms with E-state index in [9.17, 15) is 4.79 Å². The lowest BCUT2D eigenvalue weighted by Crippen LogP contribution is -2.34. The Kier molecular flexibility index (Phi) is 3.61. The zero-order valence-corrected chi connectivity index (χ0v) is 10.2. The van der Waals surface area contributed by atoms with Crippen LogP contribution < -0.4 is 5.73 Å². The first-order chi connectivity index (χ1) is 8.22. The van der Waals surface area contributed by atoms with E-state index in [-0.39, 0.29) is 5.91 Å². The maximum atomic E-state index is 12.3. The number of rotatable bonds is 5. The largest absolute Gasteiger partial charge is 0.383 e. The van der Waals surface area contributed by atoms with E-state index in [0.717, 1.165) is 19.5 Å². The predicted octanol–water partition coefficient (Wildman–Crippen LogP) is 1.93. The fourth-order valence-corrected chi connectivity index (χ4v) is 1.93. The van der Waals surface area contributed by atoms with Crippen molar-refractivity contribution in [3.8, 4) is 0 Å². The third kappa shape index (κ3) is 2.96. The topological polar surface area (TPSA) is 59.2 Å². The highest BCUT2D eigenvalue weighted by Crippen LogP contribution is 2.30. The van der Waals surface area contributed by atoms with Gasteiger partial charge in [0.05, 0.1) is 5.56 Å². The molecule has 0 saturated heterocycles. The standard InChI is InChI=1S/C13H19N3O/c1-2-8-16(9-10-5-6-10)13(17)11-4-3-7-15-12(11)14/h3-4,7,10H,2,5-6,8-9H2,1H3,(H2,14,15). The second-order valence-electron chi connectivity index (χ2n) is 4.63. The number of nitrogens with two attached hydrogens (primary N) is 1. The highest BCUT2D eigenvalue weighted by Gasteiger charge is 2.27. The quantitative estimate of drug-likeness (QED) is 0.845. The van der Waals surface area contributed by atoms with Gasteiger partial charge < -0.3 is 10.6 Å². The summed E-state index contributed by atoms with van der Waals surface area (Å²) in [5.41, 5.74) is 6.27. The van der Waals surface area contributed by atoms with Crippen molar-refractivity contribution in [2.24, 2.45) is 5.92 Å². The zero-order chi connectivity index (χ0) is 12.3. The third-order valence-electron chi connectivity index (χ3n) is 3.03. The average Bonchev–Trinajstić information content (AvgIpc) is 3.12. The minimum atomic E-state index is 0.0179. The number of hydrogen-bond acceptors (Lipinski definition) is 3. The Bertz CT molecular complexity index is 401. The summed E-state index contributed by atoms with van der Waals surface area (Å²) >= 11 is 0. The maximum absolute atomic E-state index is 12.3. The van der Waals surface area contributed by atoms with Crippen molar-refractivity contribution in [2.75, 3.05) is 18.8 Å². The Morgan fingerprint density at radius 3 is 2.94 bits per heavy atom. The van der Waals surface area contributed by atoms with Gasteiger partial charge in [0.2, 0.25) is 0 Å². The number of nitrogen functional groups attached to an aromatic ring is 1. The number of nitrogens with zero attached hydrogens (tertiary/aromatic N) is 2. The molecule has 1 aromatic rings. The molecular formula is C13H19N3O. The molecule has 0 aliphatic heterocycles. The van der Waals surface area contributed by atoms with Crippen molar-refractivity contribution < 1.29 is 4.79 Å². The Morgan fingerprint density at radius 1 is 1.59 bits per heavy atom.